The molecule has 0 aliphatic carbocycles. The van der Waals surface area contributed by atoms with Crippen molar-refractivity contribution < 1.29 is 14.6 Å². The van der Waals surface area contributed by atoms with Gasteiger partial charge in [-0.2, -0.15) is 5.10 Å². The van der Waals surface area contributed by atoms with Crippen molar-refractivity contribution in [2.24, 2.45) is 5.10 Å². The minimum Gasteiger partial charge on any atom is -0.503 e. The fourth-order valence-corrected chi connectivity index (χ4v) is 2.34. The molecule has 6 heteroatoms. The quantitative estimate of drug-likeness (QED) is 0.647. The smallest absolute Gasteiger partial charge is 0.271 e. The SMILES string of the molecule is COc1cc(/C=N\NC(=O)c2ccccc2C)cc(Br)c1O. The van der Waals surface area contributed by atoms with Crippen molar-refractivity contribution in [2.75, 3.05) is 7.11 Å². The highest BCUT2D eigenvalue weighted by molar-refractivity contribution is 9.10. The van der Waals surface area contributed by atoms with Crippen LogP contribution >= 0.6 is 15.9 Å². The highest BCUT2D eigenvalue weighted by atomic mass is 79.9. The summed E-state index contributed by atoms with van der Waals surface area (Å²) in [6.07, 6.45) is 1.48. The van der Waals surface area contributed by atoms with Gasteiger partial charge in [-0.3, -0.25) is 4.79 Å². The van der Waals surface area contributed by atoms with Crippen LogP contribution in [-0.4, -0.2) is 24.3 Å². The normalized spacial score (nSPS) is 10.7. The van der Waals surface area contributed by atoms with Gasteiger partial charge in [0.05, 0.1) is 17.8 Å². The number of phenols is 1. The molecule has 0 saturated heterocycles. The first-order chi connectivity index (χ1) is 10.5. The molecule has 0 unspecified atom stereocenters. The number of hydrogen-bond acceptors (Lipinski definition) is 4. The van der Waals surface area contributed by atoms with Crippen LogP contribution in [0.2, 0.25) is 0 Å². The zero-order valence-corrected chi connectivity index (χ0v) is 13.7. The van der Waals surface area contributed by atoms with E-state index in [0.29, 0.717) is 21.3 Å². The van der Waals surface area contributed by atoms with Crippen LogP contribution in [0.3, 0.4) is 0 Å². The van der Waals surface area contributed by atoms with Gasteiger partial charge < -0.3 is 9.84 Å². The minimum atomic E-state index is -0.279. The number of hydrazone groups is 1. The summed E-state index contributed by atoms with van der Waals surface area (Å²) in [5.41, 5.74) is 4.60. The average Bonchev–Trinajstić information content (AvgIpc) is 2.50. The maximum atomic E-state index is 12.0. The number of halogens is 1. The van der Waals surface area contributed by atoms with E-state index in [1.54, 1.807) is 24.3 Å². The molecular formula is C16H15BrN2O3. The molecule has 0 aromatic heterocycles. The van der Waals surface area contributed by atoms with E-state index in [4.69, 9.17) is 4.74 Å². The zero-order valence-electron chi connectivity index (χ0n) is 12.1. The maximum Gasteiger partial charge on any atom is 0.271 e. The van der Waals surface area contributed by atoms with Crippen LogP contribution in [0.5, 0.6) is 11.5 Å². The fraction of sp³-hybridized carbons (Fsp3) is 0.125. The first-order valence-corrected chi connectivity index (χ1v) is 7.27. The van der Waals surface area contributed by atoms with Gasteiger partial charge >= 0.3 is 0 Å². The van der Waals surface area contributed by atoms with E-state index in [2.05, 4.69) is 26.5 Å². The zero-order chi connectivity index (χ0) is 16.1. The molecule has 0 fully saturated rings. The molecule has 2 aromatic rings. The summed E-state index contributed by atoms with van der Waals surface area (Å²) in [6, 6.07) is 10.6. The number of rotatable bonds is 4. The Balaban J connectivity index is 2.12. The summed E-state index contributed by atoms with van der Waals surface area (Å²) in [7, 11) is 1.46. The predicted octanol–water partition coefficient (Wildman–Crippen LogP) is 3.24. The maximum absolute atomic E-state index is 12.0. The number of phenolic OH excluding ortho intramolecular Hbond substituents is 1. The van der Waals surface area contributed by atoms with Crippen molar-refractivity contribution in [1.82, 2.24) is 5.43 Å². The van der Waals surface area contributed by atoms with E-state index < -0.39 is 0 Å². The van der Waals surface area contributed by atoms with E-state index >= 15 is 0 Å². The summed E-state index contributed by atoms with van der Waals surface area (Å²) < 4.78 is 5.53. The molecule has 0 saturated carbocycles. The number of nitrogens with one attached hydrogen (secondary N) is 1. The number of methoxy groups -OCH3 is 1. The lowest BCUT2D eigenvalue weighted by molar-refractivity contribution is 0.0954. The number of carbonyl (C=O) groups is 1. The highest BCUT2D eigenvalue weighted by Crippen LogP contribution is 2.34. The molecule has 0 heterocycles. The Morgan fingerprint density at radius 2 is 2.09 bits per heavy atom. The fourth-order valence-electron chi connectivity index (χ4n) is 1.88. The van der Waals surface area contributed by atoms with Gasteiger partial charge in [-0.1, -0.05) is 18.2 Å². The number of nitrogens with zero attached hydrogens (tertiary/aromatic N) is 1. The van der Waals surface area contributed by atoms with E-state index in [1.807, 2.05) is 19.1 Å². The monoisotopic (exact) mass is 362 g/mol. The second-order valence-corrected chi connectivity index (χ2v) is 5.42. The summed E-state index contributed by atoms with van der Waals surface area (Å²) >= 11 is 3.23. The van der Waals surface area contributed by atoms with Crippen molar-refractivity contribution in [3.05, 3.63) is 57.6 Å². The van der Waals surface area contributed by atoms with Gasteiger partial charge in [0.25, 0.3) is 5.91 Å². The van der Waals surface area contributed by atoms with Gasteiger partial charge in [-0.25, -0.2) is 5.43 Å². The number of aromatic hydroxyl groups is 1. The molecule has 0 aliphatic heterocycles. The summed E-state index contributed by atoms with van der Waals surface area (Å²) in [6.45, 7) is 1.86. The lowest BCUT2D eigenvalue weighted by Gasteiger charge is -2.06. The molecule has 0 spiro atoms. The number of aryl methyl sites for hydroxylation is 1. The van der Waals surface area contributed by atoms with Crippen molar-refractivity contribution in [3.63, 3.8) is 0 Å². The molecule has 114 valence electrons. The molecule has 0 atom stereocenters. The van der Waals surface area contributed by atoms with Crippen LogP contribution in [0, 0.1) is 6.92 Å². The van der Waals surface area contributed by atoms with Crippen LogP contribution in [0.25, 0.3) is 0 Å². The highest BCUT2D eigenvalue weighted by Gasteiger charge is 2.08. The van der Waals surface area contributed by atoms with Crippen molar-refractivity contribution in [1.29, 1.82) is 0 Å². The molecule has 2 aromatic carbocycles. The molecule has 0 aliphatic rings. The number of carbonyl (C=O) groups excluding carboxylic acids is 1. The standard InChI is InChI=1S/C16H15BrN2O3/c1-10-5-3-4-6-12(10)16(21)19-18-9-11-7-13(17)15(20)14(8-11)22-2/h3-9,20H,1-2H3,(H,19,21)/b18-9-. The Kier molecular flexibility index (Phi) is 5.16. The van der Waals surface area contributed by atoms with Gasteiger partial charge in [0, 0.05) is 5.56 Å². The molecule has 2 N–H and O–H groups in total. The lowest BCUT2D eigenvalue weighted by atomic mass is 10.1. The Hall–Kier alpha value is -2.34. The second-order valence-electron chi connectivity index (χ2n) is 4.57. The first kappa shape index (κ1) is 16.0. The largest absolute Gasteiger partial charge is 0.503 e. The van der Waals surface area contributed by atoms with E-state index in [9.17, 15) is 9.90 Å². The van der Waals surface area contributed by atoms with Crippen molar-refractivity contribution in [3.8, 4) is 11.5 Å². The molecular weight excluding hydrogens is 348 g/mol. The molecule has 22 heavy (non-hydrogen) atoms. The van der Waals surface area contributed by atoms with Crippen molar-refractivity contribution >= 4 is 28.1 Å². The van der Waals surface area contributed by atoms with E-state index in [0.717, 1.165) is 5.56 Å². The van der Waals surface area contributed by atoms with E-state index in [-0.39, 0.29) is 11.7 Å². The number of hydrogen-bond donors (Lipinski definition) is 2. The topological polar surface area (TPSA) is 70.9 Å². The lowest BCUT2D eigenvalue weighted by Crippen LogP contribution is -2.18. The van der Waals surface area contributed by atoms with Crippen molar-refractivity contribution in [2.45, 2.75) is 6.92 Å². The molecule has 1 amide bonds. The Labute approximate surface area is 136 Å². The predicted molar refractivity (Wildman–Crippen MR) is 88.6 cm³/mol. The van der Waals surface area contributed by atoms with Gasteiger partial charge in [-0.15, -0.1) is 0 Å². The second kappa shape index (κ2) is 7.09. The minimum absolute atomic E-state index is 0.0172. The van der Waals surface area contributed by atoms with Gasteiger partial charge in [-0.05, 0) is 52.2 Å². The summed E-state index contributed by atoms with van der Waals surface area (Å²) in [5, 5.41) is 13.7. The summed E-state index contributed by atoms with van der Waals surface area (Å²) in [5.74, 6) is 0.0591. The van der Waals surface area contributed by atoms with Crippen LogP contribution in [-0.2, 0) is 0 Å². The van der Waals surface area contributed by atoms with Crippen LogP contribution < -0.4 is 10.2 Å². The molecule has 0 bridgehead atoms. The van der Waals surface area contributed by atoms with Gasteiger partial charge in [0.1, 0.15) is 0 Å². The Bertz CT molecular complexity index is 729. The molecule has 5 nitrogen and oxygen atoms in total. The van der Waals surface area contributed by atoms with Gasteiger partial charge in [0.15, 0.2) is 11.5 Å². The third kappa shape index (κ3) is 3.65. The van der Waals surface area contributed by atoms with Crippen LogP contribution in [0.15, 0.2) is 46.0 Å². The Morgan fingerprint density at radius 3 is 2.77 bits per heavy atom. The van der Waals surface area contributed by atoms with Crippen LogP contribution in [0.4, 0.5) is 0 Å². The van der Waals surface area contributed by atoms with Crippen LogP contribution in [0.1, 0.15) is 21.5 Å². The molecule has 0 radical (unpaired) electrons. The number of amides is 1. The molecule has 2 rings (SSSR count). The number of benzene rings is 2. The average molecular weight is 363 g/mol. The Morgan fingerprint density at radius 1 is 1.36 bits per heavy atom. The third-order valence-electron chi connectivity index (χ3n) is 3.04. The third-order valence-corrected chi connectivity index (χ3v) is 3.64. The van der Waals surface area contributed by atoms with Gasteiger partial charge in [0.2, 0.25) is 0 Å². The summed E-state index contributed by atoms with van der Waals surface area (Å²) in [4.78, 5) is 12.0. The van der Waals surface area contributed by atoms with E-state index in [1.165, 1.54) is 13.3 Å². The first-order valence-electron chi connectivity index (χ1n) is 6.48. The number of ether oxygens (including phenoxy) is 1.